The van der Waals surface area contributed by atoms with Crippen molar-refractivity contribution in [3.8, 4) is 0 Å². The fraction of sp³-hybridized carbons (Fsp3) is 0.364. The third kappa shape index (κ3) is 3.84. The number of carbonyl (C=O) groups excluding carboxylic acids is 1. The van der Waals surface area contributed by atoms with Crippen LogP contribution in [0.15, 0.2) is 18.3 Å². The van der Waals surface area contributed by atoms with Crippen LogP contribution in [0.2, 0.25) is 0 Å². The van der Waals surface area contributed by atoms with Crippen LogP contribution >= 0.6 is 0 Å². The molecule has 17 heavy (non-hydrogen) atoms. The quantitative estimate of drug-likeness (QED) is 0.756. The number of hydrogen-bond acceptors (Lipinski definition) is 4. The number of aliphatic carboxylic acids is 1. The van der Waals surface area contributed by atoms with Crippen molar-refractivity contribution in [1.29, 1.82) is 0 Å². The van der Waals surface area contributed by atoms with E-state index in [2.05, 4.69) is 4.98 Å². The van der Waals surface area contributed by atoms with E-state index in [0.29, 0.717) is 11.3 Å². The number of carbonyl (C=O) groups is 2. The van der Waals surface area contributed by atoms with Crippen LogP contribution in [0.5, 0.6) is 0 Å². The van der Waals surface area contributed by atoms with Crippen molar-refractivity contribution < 1.29 is 14.7 Å². The summed E-state index contributed by atoms with van der Waals surface area (Å²) >= 11 is 0. The number of nitrogens with zero attached hydrogens (tertiary/aromatic N) is 2. The van der Waals surface area contributed by atoms with Crippen LogP contribution in [0, 0.1) is 0 Å². The minimum Gasteiger partial charge on any atom is -0.481 e. The maximum atomic E-state index is 11.9. The smallest absolute Gasteiger partial charge is 0.305 e. The molecule has 1 aromatic heterocycles. The van der Waals surface area contributed by atoms with Gasteiger partial charge < -0.3 is 15.7 Å². The van der Waals surface area contributed by atoms with Crippen molar-refractivity contribution in [2.45, 2.75) is 13.0 Å². The van der Waals surface area contributed by atoms with Crippen LogP contribution in [0.4, 0.5) is 0 Å². The zero-order valence-electron chi connectivity index (χ0n) is 9.59. The molecule has 0 saturated carbocycles. The van der Waals surface area contributed by atoms with Crippen LogP contribution in [0.3, 0.4) is 0 Å². The van der Waals surface area contributed by atoms with Gasteiger partial charge in [-0.1, -0.05) is 0 Å². The summed E-state index contributed by atoms with van der Waals surface area (Å²) in [6, 6.07) is 3.19. The number of amides is 1. The molecular formula is C11H15N3O3. The molecule has 0 fully saturated rings. The Hall–Kier alpha value is -1.95. The predicted octanol–water partition coefficient (Wildman–Crippen LogP) is 0.0870. The number of carboxylic acid groups (broad SMARTS) is 1. The van der Waals surface area contributed by atoms with Crippen LogP contribution in [-0.4, -0.2) is 40.5 Å². The van der Waals surface area contributed by atoms with E-state index in [-0.39, 0.29) is 25.4 Å². The summed E-state index contributed by atoms with van der Waals surface area (Å²) in [4.78, 5) is 27.6. The highest BCUT2D eigenvalue weighted by Crippen LogP contribution is 2.05. The molecular weight excluding hydrogens is 222 g/mol. The summed E-state index contributed by atoms with van der Waals surface area (Å²) in [6.45, 7) is 0.439. The first-order valence-corrected chi connectivity index (χ1v) is 5.17. The molecule has 6 nitrogen and oxygen atoms in total. The van der Waals surface area contributed by atoms with Crippen LogP contribution in [-0.2, 0) is 11.3 Å². The Labute approximate surface area is 99.1 Å². The minimum absolute atomic E-state index is 0.0724. The maximum absolute atomic E-state index is 11.9. The van der Waals surface area contributed by atoms with Gasteiger partial charge in [0, 0.05) is 31.9 Å². The van der Waals surface area contributed by atoms with Crippen LogP contribution in [0.25, 0.3) is 0 Å². The standard InChI is InChI=1S/C11H15N3O3/c1-14(5-3-10(15)16)11(17)8-2-4-13-9(6-8)7-12/h2,4,6H,3,5,7,12H2,1H3,(H,15,16). The Morgan fingerprint density at radius 1 is 1.53 bits per heavy atom. The molecule has 1 heterocycles. The van der Waals surface area contributed by atoms with Gasteiger partial charge in [-0.25, -0.2) is 0 Å². The number of pyridine rings is 1. The highest BCUT2D eigenvalue weighted by Gasteiger charge is 2.13. The maximum Gasteiger partial charge on any atom is 0.305 e. The van der Waals surface area contributed by atoms with Crippen LogP contribution < -0.4 is 5.73 Å². The summed E-state index contributed by atoms with van der Waals surface area (Å²) < 4.78 is 0. The zero-order valence-corrected chi connectivity index (χ0v) is 9.59. The summed E-state index contributed by atoms with van der Waals surface area (Å²) in [6.07, 6.45) is 1.44. The van der Waals surface area contributed by atoms with Gasteiger partial charge in [-0.2, -0.15) is 0 Å². The molecule has 92 valence electrons. The summed E-state index contributed by atoms with van der Waals surface area (Å²) in [5.41, 5.74) is 6.52. The molecule has 1 amide bonds. The van der Waals surface area contributed by atoms with Crippen molar-refractivity contribution >= 4 is 11.9 Å². The van der Waals surface area contributed by atoms with Gasteiger partial charge in [0.15, 0.2) is 0 Å². The fourth-order valence-corrected chi connectivity index (χ4v) is 1.31. The van der Waals surface area contributed by atoms with Crippen LogP contribution in [0.1, 0.15) is 22.5 Å². The molecule has 0 atom stereocenters. The second-order valence-electron chi connectivity index (χ2n) is 3.61. The molecule has 0 radical (unpaired) electrons. The molecule has 0 aromatic carbocycles. The second kappa shape index (κ2) is 5.95. The first kappa shape index (κ1) is 13.1. The molecule has 0 bridgehead atoms. The van der Waals surface area contributed by atoms with E-state index in [4.69, 9.17) is 10.8 Å². The number of rotatable bonds is 5. The molecule has 1 rings (SSSR count). The lowest BCUT2D eigenvalue weighted by atomic mass is 10.2. The Bertz CT molecular complexity index is 420. The number of aromatic nitrogens is 1. The van der Waals surface area contributed by atoms with E-state index < -0.39 is 5.97 Å². The normalized spacial score (nSPS) is 10.0. The number of hydrogen-bond donors (Lipinski definition) is 2. The van der Waals surface area contributed by atoms with Gasteiger partial charge in [-0.15, -0.1) is 0 Å². The Morgan fingerprint density at radius 3 is 2.82 bits per heavy atom. The number of nitrogens with two attached hydrogens (primary N) is 1. The molecule has 3 N–H and O–H groups in total. The van der Waals surface area contributed by atoms with Gasteiger partial charge in [-0.3, -0.25) is 14.6 Å². The summed E-state index contributed by atoms with van der Waals surface area (Å²) in [5, 5.41) is 8.53. The third-order valence-corrected chi connectivity index (χ3v) is 2.28. The molecule has 0 unspecified atom stereocenters. The molecule has 0 aliphatic carbocycles. The van der Waals surface area contributed by atoms with Crippen molar-refractivity contribution in [1.82, 2.24) is 9.88 Å². The SMILES string of the molecule is CN(CCC(=O)O)C(=O)c1ccnc(CN)c1. The first-order valence-electron chi connectivity index (χ1n) is 5.17. The summed E-state index contributed by atoms with van der Waals surface area (Å²) in [5.74, 6) is -1.16. The van der Waals surface area contributed by atoms with E-state index >= 15 is 0 Å². The number of carboxylic acids is 1. The minimum atomic E-state index is -0.929. The van der Waals surface area contributed by atoms with Crippen molar-refractivity contribution in [2.75, 3.05) is 13.6 Å². The third-order valence-electron chi connectivity index (χ3n) is 2.28. The molecule has 6 heteroatoms. The molecule has 1 aromatic rings. The van der Waals surface area contributed by atoms with Gasteiger partial charge in [0.2, 0.25) is 0 Å². The average molecular weight is 237 g/mol. The topological polar surface area (TPSA) is 96.5 Å². The van der Waals surface area contributed by atoms with Crippen molar-refractivity contribution in [3.05, 3.63) is 29.6 Å². The molecule has 0 spiro atoms. The Balaban J connectivity index is 2.70. The molecule has 0 saturated heterocycles. The van der Waals surface area contributed by atoms with Gasteiger partial charge in [0.1, 0.15) is 0 Å². The Morgan fingerprint density at radius 2 is 2.24 bits per heavy atom. The zero-order chi connectivity index (χ0) is 12.8. The average Bonchev–Trinajstić information content (AvgIpc) is 2.35. The monoisotopic (exact) mass is 237 g/mol. The first-order chi connectivity index (χ1) is 8.04. The van der Waals surface area contributed by atoms with Gasteiger partial charge in [0.05, 0.1) is 12.1 Å². The van der Waals surface area contributed by atoms with E-state index in [9.17, 15) is 9.59 Å². The van der Waals surface area contributed by atoms with E-state index in [1.165, 1.54) is 11.1 Å². The molecule has 0 aliphatic heterocycles. The highest BCUT2D eigenvalue weighted by molar-refractivity contribution is 5.94. The lowest BCUT2D eigenvalue weighted by Crippen LogP contribution is -2.29. The van der Waals surface area contributed by atoms with E-state index in [0.717, 1.165) is 0 Å². The molecule has 0 aliphatic rings. The summed E-state index contributed by atoms with van der Waals surface area (Å²) in [7, 11) is 1.56. The van der Waals surface area contributed by atoms with E-state index in [1.54, 1.807) is 19.2 Å². The predicted molar refractivity (Wildman–Crippen MR) is 61.3 cm³/mol. The van der Waals surface area contributed by atoms with Gasteiger partial charge >= 0.3 is 5.97 Å². The largest absolute Gasteiger partial charge is 0.481 e. The van der Waals surface area contributed by atoms with Gasteiger partial charge in [-0.05, 0) is 12.1 Å². The van der Waals surface area contributed by atoms with E-state index in [1.807, 2.05) is 0 Å². The van der Waals surface area contributed by atoms with Crippen molar-refractivity contribution in [2.24, 2.45) is 5.73 Å². The lowest BCUT2D eigenvalue weighted by Gasteiger charge is -2.16. The Kier molecular flexibility index (Phi) is 4.59. The lowest BCUT2D eigenvalue weighted by molar-refractivity contribution is -0.137. The highest BCUT2D eigenvalue weighted by atomic mass is 16.4. The van der Waals surface area contributed by atoms with Crippen molar-refractivity contribution in [3.63, 3.8) is 0 Å². The fourth-order valence-electron chi connectivity index (χ4n) is 1.31. The van der Waals surface area contributed by atoms with Gasteiger partial charge in [0.25, 0.3) is 5.91 Å². The second-order valence-corrected chi connectivity index (χ2v) is 3.61.